The molecule has 1 saturated heterocycles. The van der Waals surface area contributed by atoms with Crippen LogP contribution in [-0.2, 0) is 10.0 Å². The topological polar surface area (TPSA) is 66.5 Å². The molecular weight excluding hydrogens is 324 g/mol. The van der Waals surface area contributed by atoms with Crippen LogP contribution in [0.1, 0.15) is 55.8 Å². The second-order valence-corrected chi connectivity index (χ2v) is 8.92. The summed E-state index contributed by atoms with van der Waals surface area (Å²) < 4.78 is 26.5. The van der Waals surface area contributed by atoms with Crippen LogP contribution in [0, 0.1) is 5.92 Å². The molecule has 6 heteroatoms. The van der Waals surface area contributed by atoms with Crippen LogP contribution in [0.25, 0.3) is 0 Å². The first-order valence-electron chi connectivity index (χ1n) is 8.89. The molecule has 2 fully saturated rings. The van der Waals surface area contributed by atoms with Gasteiger partial charge in [0.05, 0.1) is 4.90 Å². The van der Waals surface area contributed by atoms with Gasteiger partial charge in [0.1, 0.15) is 0 Å². The number of carbonyl (C=O) groups excluding carboxylic acids is 1. The van der Waals surface area contributed by atoms with E-state index in [4.69, 9.17) is 0 Å². The second-order valence-electron chi connectivity index (χ2n) is 6.98. The Kier molecular flexibility index (Phi) is 5.25. The first-order chi connectivity index (χ1) is 11.5. The van der Waals surface area contributed by atoms with Gasteiger partial charge < -0.3 is 5.32 Å². The smallest absolute Gasteiger partial charge is 0.251 e. The maximum absolute atomic E-state index is 12.5. The molecule has 5 nitrogen and oxygen atoms in total. The maximum Gasteiger partial charge on any atom is 0.251 e. The summed E-state index contributed by atoms with van der Waals surface area (Å²) in [5.74, 6) is 0.386. The summed E-state index contributed by atoms with van der Waals surface area (Å²) in [6, 6.07) is 6.55. The van der Waals surface area contributed by atoms with E-state index in [1.54, 1.807) is 24.3 Å². The zero-order chi connectivity index (χ0) is 17.2. The van der Waals surface area contributed by atoms with E-state index < -0.39 is 10.0 Å². The van der Waals surface area contributed by atoms with Crippen LogP contribution in [0.5, 0.6) is 0 Å². The third kappa shape index (κ3) is 3.64. The van der Waals surface area contributed by atoms with Crippen LogP contribution in [0.15, 0.2) is 29.2 Å². The summed E-state index contributed by atoms with van der Waals surface area (Å²) in [6.07, 6.45) is 6.39. The first-order valence-corrected chi connectivity index (χ1v) is 10.3. The van der Waals surface area contributed by atoms with Crippen molar-refractivity contribution in [2.45, 2.75) is 56.4 Å². The van der Waals surface area contributed by atoms with E-state index in [-0.39, 0.29) is 16.8 Å². The van der Waals surface area contributed by atoms with E-state index in [0.29, 0.717) is 24.6 Å². The quantitative estimate of drug-likeness (QED) is 0.908. The fourth-order valence-corrected chi connectivity index (χ4v) is 5.16. The van der Waals surface area contributed by atoms with Crippen molar-refractivity contribution >= 4 is 15.9 Å². The van der Waals surface area contributed by atoms with E-state index in [1.807, 2.05) is 0 Å². The Hall–Kier alpha value is -1.40. The Morgan fingerprint density at radius 2 is 1.67 bits per heavy atom. The summed E-state index contributed by atoms with van der Waals surface area (Å²) in [7, 11) is -3.42. The molecule has 2 aliphatic rings. The third-order valence-corrected chi connectivity index (χ3v) is 7.16. The largest absolute Gasteiger partial charge is 0.349 e. The van der Waals surface area contributed by atoms with E-state index >= 15 is 0 Å². The van der Waals surface area contributed by atoms with Gasteiger partial charge in [0.25, 0.3) is 5.91 Å². The van der Waals surface area contributed by atoms with Crippen molar-refractivity contribution in [2.24, 2.45) is 5.92 Å². The van der Waals surface area contributed by atoms with Crippen LogP contribution in [-0.4, -0.2) is 37.8 Å². The summed E-state index contributed by atoms with van der Waals surface area (Å²) in [4.78, 5) is 12.7. The molecule has 1 heterocycles. The van der Waals surface area contributed by atoms with E-state index in [2.05, 4.69) is 12.2 Å². The highest BCUT2D eigenvalue weighted by molar-refractivity contribution is 7.89. The predicted octanol–water partition coefficient (Wildman–Crippen LogP) is 2.78. The first kappa shape index (κ1) is 17.4. The maximum atomic E-state index is 12.5. The molecule has 0 radical (unpaired) electrons. The Morgan fingerprint density at radius 3 is 2.29 bits per heavy atom. The number of rotatable bonds is 4. The van der Waals surface area contributed by atoms with Gasteiger partial charge in [0.2, 0.25) is 10.0 Å². The summed E-state index contributed by atoms with van der Waals surface area (Å²) in [5.41, 5.74) is 0.521. The number of hydrogen-bond donors (Lipinski definition) is 1. The minimum Gasteiger partial charge on any atom is -0.349 e. The molecule has 1 amide bonds. The van der Waals surface area contributed by atoms with Gasteiger partial charge in [-0.3, -0.25) is 4.79 Å². The summed E-state index contributed by atoms with van der Waals surface area (Å²) in [5, 5.41) is 3.10. The summed E-state index contributed by atoms with van der Waals surface area (Å²) >= 11 is 0. The van der Waals surface area contributed by atoms with Crippen LogP contribution >= 0.6 is 0 Å². The van der Waals surface area contributed by atoms with Crippen LogP contribution in [0.2, 0.25) is 0 Å². The van der Waals surface area contributed by atoms with Gasteiger partial charge in [-0.05, 0) is 55.9 Å². The Morgan fingerprint density at radius 1 is 1.04 bits per heavy atom. The molecule has 0 unspecified atom stereocenters. The fraction of sp³-hybridized carbons (Fsp3) is 0.611. The van der Waals surface area contributed by atoms with Crippen LogP contribution < -0.4 is 5.32 Å². The molecule has 1 saturated carbocycles. The molecule has 0 aromatic heterocycles. The Labute approximate surface area is 144 Å². The van der Waals surface area contributed by atoms with Crippen LogP contribution in [0.3, 0.4) is 0 Å². The van der Waals surface area contributed by atoms with Gasteiger partial charge in [-0.1, -0.05) is 19.8 Å². The van der Waals surface area contributed by atoms with Gasteiger partial charge in [0.15, 0.2) is 0 Å². The summed E-state index contributed by atoms with van der Waals surface area (Å²) in [6.45, 7) is 3.35. The number of amides is 1. The number of nitrogens with one attached hydrogen (secondary N) is 1. The molecule has 1 aliphatic heterocycles. The normalized spacial score (nSPS) is 25.5. The molecule has 0 spiro atoms. The molecule has 1 aliphatic carbocycles. The molecule has 24 heavy (non-hydrogen) atoms. The van der Waals surface area contributed by atoms with Crippen molar-refractivity contribution in [3.8, 4) is 0 Å². The molecule has 0 bridgehead atoms. The number of hydrogen-bond acceptors (Lipinski definition) is 3. The number of carbonyl (C=O) groups is 1. The average Bonchev–Trinajstić information content (AvgIpc) is 3.12. The van der Waals surface area contributed by atoms with Gasteiger partial charge in [-0.15, -0.1) is 0 Å². The highest BCUT2D eigenvalue weighted by atomic mass is 32.2. The van der Waals surface area contributed by atoms with Gasteiger partial charge in [-0.2, -0.15) is 4.31 Å². The lowest BCUT2D eigenvalue weighted by molar-refractivity contribution is 0.0910. The molecular formula is C18H26N2O3S. The fourth-order valence-electron chi connectivity index (χ4n) is 3.64. The lowest BCUT2D eigenvalue weighted by Crippen LogP contribution is -2.41. The lowest BCUT2D eigenvalue weighted by atomic mass is 9.86. The zero-order valence-electron chi connectivity index (χ0n) is 14.2. The van der Waals surface area contributed by atoms with Crippen molar-refractivity contribution in [1.82, 2.24) is 9.62 Å². The molecule has 2 atom stereocenters. The Balaban J connectivity index is 1.68. The molecule has 1 N–H and O–H groups in total. The van der Waals surface area contributed by atoms with Crippen LogP contribution in [0.4, 0.5) is 0 Å². The minimum atomic E-state index is -3.42. The standard InChI is InChI=1S/C18H26N2O3S/c1-14-6-2-3-7-17(14)19-18(21)15-8-10-16(11-9-15)24(22,23)20-12-4-5-13-20/h8-11,14,17H,2-7,12-13H2,1H3,(H,19,21)/t14-,17-/m1/s1. The van der Waals surface area contributed by atoms with Crippen molar-refractivity contribution in [2.75, 3.05) is 13.1 Å². The van der Waals surface area contributed by atoms with Crippen molar-refractivity contribution in [3.05, 3.63) is 29.8 Å². The molecule has 3 rings (SSSR count). The zero-order valence-corrected chi connectivity index (χ0v) is 15.0. The predicted molar refractivity (Wildman–Crippen MR) is 93.3 cm³/mol. The molecule has 132 valence electrons. The second kappa shape index (κ2) is 7.23. The van der Waals surface area contributed by atoms with Gasteiger partial charge >= 0.3 is 0 Å². The third-order valence-electron chi connectivity index (χ3n) is 5.25. The van der Waals surface area contributed by atoms with E-state index in [1.165, 1.54) is 10.7 Å². The average molecular weight is 350 g/mol. The van der Waals surface area contributed by atoms with E-state index in [0.717, 1.165) is 32.1 Å². The SMILES string of the molecule is C[C@@H]1CCCC[C@H]1NC(=O)c1ccc(S(=O)(=O)N2CCCC2)cc1. The number of nitrogens with zero attached hydrogens (tertiary/aromatic N) is 1. The van der Waals surface area contributed by atoms with Crippen molar-refractivity contribution < 1.29 is 13.2 Å². The van der Waals surface area contributed by atoms with Gasteiger partial charge in [0, 0.05) is 24.7 Å². The minimum absolute atomic E-state index is 0.112. The molecule has 1 aromatic carbocycles. The van der Waals surface area contributed by atoms with Crippen molar-refractivity contribution in [3.63, 3.8) is 0 Å². The van der Waals surface area contributed by atoms with E-state index in [9.17, 15) is 13.2 Å². The Bertz CT molecular complexity index is 679. The molecule has 1 aromatic rings. The highest BCUT2D eigenvalue weighted by Crippen LogP contribution is 2.24. The number of sulfonamides is 1. The van der Waals surface area contributed by atoms with Crippen molar-refractivity contribution in [1.29, 1.82) is 0 Å². The van der Waals surface area contributed by atoms with Gasteiger partial charge in [-0.25, -0.2) is 8.42 Å². The number of benzene rings is 1. The monoisotopic (exact) mass is 350 g/mol. The highest BCUT2D eigenvalue weighted by Gasteiger charge is 2.27. The lowest BCUT2D eigenvalue weighted by Gasteiger charge is -2.29.